The van der Waals surface area contributed by atoms with Gasteiger partial charge in [-0.2, -0.15) is 9.40 Å². The molecule has 2 heterocycles. The smallest absolute Gasteiger partial charge is 0.252 e. The van der Waals surface area contributed by atoms with Gasteiger partial charge in [0.2, 0.25) is 10.0 Å². The maximum absolute atomic E-state index is 13.0. The number of benzene rings is 2. The van der Waals surface area contributed by atoms with Gasteiger partial charge in [0, 0.05) is 25.8 Å². The molecule has 4 rings (SSSR count). The molecule has 0 aliphatic carbocycles. The number of rotatable bonds is 7. The Bertz CT molecular complexity index is 1140. The summed E-state index contributed by atoms with van der Waals surface area (Å²) in [5.41, 5.74) is 2.08. The van der Waals surface area contributed by atoms with Crippen LogP contribution in [-0.2, 0) is 21.2 Å². The summed E-state index contributed by atoms with van der Waals surface area (Å²) in [7, 11) is -3.76. The van der Waals surface area contributed by atoms with Crippen molar-refractivity contribution in [1.82, 2.24) is 19.4 Å². The maximum Gasteiger partial charge on any atom is 0.252 e. The van der Waals surface area contributed by atoms with Gasteiger partial charge in [-0.05, 0) is 36.2 Å². The van der Waals surface area contributed by atoms with Crippen molar-refractivity contribution in [3.8, 4) is 5.69 Å². The van der Waals surface area contributed by atoms with Crippen LogP contribution in [-0.4, -0.2) is 61.3 Å². The largest absolute Gasteiger partial charge is 0.379 e. The molecule has 162 valence electrons. The number of ether oxygens (including phenoxy) is 1. The highest BCUT2D eigenvalue weighted by atomic mass is 32.2. The lowest BCUT2D eigenvalue weighted by Crippen LogP contribution is -2.41. The first-order valence-corrected chi connectivity index (χ1v) is 11.5. The number of amides is 1. The average Bonchev–Trinajstić information content (AvgIpc) is 3.29. The third-order valence-corrected chi connectivity index (χ3v) is 7.03. The second kappa shape index (κ2) is 9.42. The number of nitrogens with one attached hydrogen (secondary N) is 1. The molecule has 31 heavy (non-hydrogen) atoms. The number of carbonyl (C=O) groups excluding carboxylic acids is 1. The highest BCUT2D eigenvalue weighted by Crippen LogP contribution is 2.21. The van der Waals surface area contributed by atoms with E-state index in [1.807, 2.05) is 36.5 Å². The van der Waals surface area contributed by atoms with Crippen LogP contribution in [0.15, 0.2) is 71.9 Å². The minimum Gasteiger partial charge on any atom is -0.379 e. The van der Waals surface area contributed by atoms with Gasteiger partial charge in [-0.3, -0.25) is 4.79 Å². The van der Waals surface area contributed by atoms with Crippen LogP contribution < -0.4 is 5.32 Å². The van der Waals surface area contributed by atoms with Crippen molar-refractivity contribution in [3.63, 3.8) is 0 Å². The molecule has 3 aromatic rings. The quantitative estimate of drug-likeness (QED) is 0.605. The summed E-state index contributed by atoms with van der Waals surface area (Å²) >= 11 is 0. The van der Waals surface area contributed by atoms with E-state index in [0.29, 0.717) is 26.2 Å². The second-order valence-electron chi connectivity index (χ2n) is 7.15. The van der Waals surface area contributed by atoms with Crippen LogP contribution in [0, 0.1) is 0 Å². The van der Waals surface area contributed by atoms with Gasteiger partial charge >= 0.3 is 0 Å². The van der Waals surface area contributed by atoms with Crippen LogP contribution in [0.5, 0.6) is 0 Å². The first kappa shape index (κ1) is 21.2. The topological polar surface area (TPSA) is 93.5 Å². The lowest BCUT2D eigenvalue weighted by atomic mass is 10.2. The fourth-order valence-corrected chi connectivity index (χ4v) is 5.03. The number of hydrogen-bond donors (Lipinski definition) is 1. The Hall–Kier alpha value is -3.01. The summed E-state index contributed by atoms with van der Waals surface area (Å²) in [6.07, 6.45) is 4.26. The summed E-state index contributed by atoms with van der Waals surface area (Å²) in [5, 5.41) is 7.18. The van der Waals surface area contributed by atoms with E-state index < -0.39 is 15.9 Å². The Morgan fingerprint density at radius 2 is 1.74 bits per heavy atom. The molecular formula is C22H24N4O4S. The number of aromatic nitrogens is 2. The molecule has 1 amide bonds. The van der Waals surface area contributed by atoms with Crippen LogP contribution in [0.4, 0.5) is 0 Å². The number of carbonyl (C=O) groups is 1. The van der Waals surface area contributed by atoms with Crippen LogP contribution in [0.2, 0.25) is 0 Å². The molecule has 0 unspecified atom stereocenters. The zero-order valence-electron chi connectivity index (χ0n) is 17.0. The summed E-state index contributed by atoms with van der Waals surface area (Å²) in [6.45, 7) is 1.63. The number of nitrogens with zero attached hydrogens (tertiary/aromatic N) is 3. The molecule has 1 aromatic heterocycles. The monoisotopic (exact) mass is 440 g/mol. The summed E-state index contributed by atoms with van der Waals surface area (Å²) < 4.78 is 34.4. The zero-order valence-corrected chi connectivity index (χ0v) is 17.8. The van der Waals surface area contributed by atoms with Crippen LogP contribution in [0.3, 0.4) is 0 Å². The third-order valence-electron chi connectivity index (χ3n) is 5.08. The fraction of sp³-hybridized carbons (Fsp3) is 0.273. The molecule has 9 heteroatoms. The molecule has 0 radical (unpaired) electrons. The Morgan fingerprint density at radius 1 is 1.03 bits per heavy atom. The fourth-order valence-electron chi connectivity index (χ4n) is 3.43. The Morgan fingerprint density at radius 3 is 2.52 bits per heavy atom. The van der Waals surface area contributed by atoms with Gasteiger partial charge in [-0.1, -0.05) is 30.3 Å². The average molecular weight is 441 g/mol. The van der Waals surface area contributed by atoms with E-state index in [0.717, 1.165) is 11.3 Å². The molecule has 1 fully saturated rings. The molecule has 1 saturated heterocycles. The Kier molecular flexibility index (Phi) is 6.45. The highest BCUT2D eigenvalue weighted by Gasteiger charge is 2.29. The second-order valence-corrected chi connectivity index (χ2v) is 9.05. The van der Waals surface area contributed by atoms with Crippen molar-refractivity contribution in [3.05, 3.63) is 78.1 Å². The van der Waals surface area contributed by atoms with Gasteiger partial charge in [0.15, 0.2) is 0 Å². The van der Waals surface area contributed by atoms with Crippen molar-refractivity contribution in [1.29, 1.82) is 0 Å². The molecule has 8 nitrogen and oxygen atoms in total. The number of sulfonamides is 1. The number of morpholine rings is 1. The molecule has 0 bridgehead atoms. The molecular weight excluding hydrogens is 416 g/mol. The van der Waals surface area contributed by atoms with Crippen LogP contribution >= 0.6 is 0 Å². The van der Waals surface area contributed by atoms with E-state index >= 15 is 0 Å². The summed E-state index contributed by atoms with van der Waals surface area (Å²) in [5.74, 6) is -0.414. The molecule has 1 N–H and O–H groups in total. The lowest BCUT2D eigenvalue weighted by Gasteiger charge is -2.26. The van der Waals surface area contributed by atoms with Crippen molar-refractivity contribution >= 4 is 15.9 Å². The predicted molar refractivity (Wildman–Crippen MR) is 116 cm³/mol. The maximum atomic E-state index is 13.0. The van der Waals surface area contributed by atoms with Gasteiger partial charge in [-0.25, -0.2) is 13.1 Å². The first-order valence-electron chi connectivity index (χ1n) is 10.1. The van der Waals surface area contributed by atoms with Gasteiger partial charge in [-0.15, -0.1) is 0 Å². The van der Waals surface area contributed by atoms with Crippen molar-refractivity contribution in [2.75, 3.05) is 32.8 Å². The third kappa shape index (κ3) is 4.84. The molecule has 0 saturated carbocycles. The highest BCUT2D eigenvalue weighted by molar-refractivity contribution is 7.89. The molecule has 0 atom stereocenters. The van der Waals surface area contributed by atoms with Gasteiger partial charge in [0.05, 0.1) is 35.6 Å². The number of para-hydroxylation sites is 1. The lowest BCUT2D eigenvalue weighted by molar-refractivity contribution is 0.0730. The van der Waals surface area contributed by atoms with Gasteiger partial charge in [0.25, 0.3) is 5.91 Å². The Balaban J connectivity index is 1.41. The van der Waals surface area contributed by atoms with E-state index in [-0.39, 0.29) is 23.5 Å². The van der Waals surface area contributed by atoms with Gasteiger partial charge in [0.1, 0.15) is 0 Å². The molecule has 2 aromatic carbocycles. The molecule has 1 aliphatic heterocycles. The normalized spacial score (nSPS) is 15.0. The van der Waals surface area contributed by atoms with Crippen LogP contribution in [0.25, 0.3) is 5.69 Å². The van der Waals surface area contributed by atoms with E-state index in [1.165, 1.54) is 16.4 Å². The van der Waals surface area contributed by atoms with Gasteiger partial charge < -0.3 is 10.1 Å². The van der Waals surface area contributed by atoms with E-state index in [4.69, 9.17) is 4.74 Å². The SMILES string of the molecule is O=C(NCCc1cnn(-c2ccccc2)c1)c1ccccc1S(=O)(=O)N1CCOCC1. The number of hydrogen-bond acceptors (Lipinski definition) is 5. The van der Waals surface area contributed by atoms with Crippen molar-refractivity contribution in [2.45, 2.75) is 11.3 Å². The zero-order chi connectivity index (χ0) is 21.7. The summed E-state index contributed by atoms with van der Waals surface area (Å²) in [6, 6.07) is 16.1. The van der Waals surface area contributed by atoms with E-state index in [2.05, 4.69) is 10.4 Å². The van der Waals surface area contributed by atoms with E-state index in [1.54, 1.807) is 23.0 Å². The van der Waals surface area contributed by atoms with Crippen LogP contribution in [0.1, 0.15) is 15.9 Å². The van der Waals surface area contributed by atoms with Crippen molar-refractivity contribution in [2.24, 2.45) is 0 Å². The molecule has 1 aliphatic rings. The summed E-state index contributed by atoms with van der Waals surface area (Å²) in [4.78, 5) is 12.8. The Labute approximate surface area is 181 Å². The minimum absolute atomic E-state index is 0.0197. The minimum atomic E-state index is -3.76. The standard InChI is InChI=1S/C22H24N4O4S/c27-22(23-11-10-18-16-24-26(17-18)19-6-2-1-3-7-19)20-8-4-5-9-21(20)31(28,29)25-12-14-30-15-13-25/h1-9,16-17H,10-15H2,(H,23,27). The predicted octanol–water partition coefficient (Wildman–Crippen LogP) is 1.87. The van der Waals surface area contributed by atoms with Crippen molar-refractivity contribution < 1.29 is 17.9 Å². The molecule has 0 spiro atoms. The first-order chi connectivity index (χ1) is 15.1. The van der Waals surface area contributed by atoms with E-state index in [9.17, 15) is 13.2 Å².